The van der Waals surface area contributed by atoms with E-state index in [-0.39, 0.29) is 5.54 Å². The van der Waals surface area contributed by atoms with Gasteiger partial charge in [-0.1, -0.05) is 25.3 Å². The van der Waals surface area contributed by atoms with Gasteiger partial charge in [0.05, 0.1) is 6.61 Å². The maximum atomic E-state index is 5.76. The van der Waals surface area contributed by atoms with Crippen LogP contribution >= 0.6 is 0 Å². The largest absolute Gasteiger partial charge is 0.478 e. The van der Waals surface area contributed by atoms with E-state index in [2.05, 4.69) is 44.1 Å². The lowest BCUT2D eigenvalue weighted by Gasteiger charge is -2.25. The summed E-state index contributed by atoms with van der Waals surface area (Å²) in [6, 6.07) is 4.12. The number of aryl methyl sites for hydroxylation is 1. The maximum absolute atomic E-state index is 5.76. The Hall–Kier alpha value is -1.09. The summed E-state index contributed by atoms with van der Waals surface area (Å²) in [6.07, 6.45) is 5.34. The van der Waals surface area contributed by atoms with Gasteiger partial charge in [-0.15, -0.1) is 0 Å². The molecule has 20 heavy (non-hydrogen) atoms. The SMILES string of the molecule is Cc1nc(OCCC2CCC2)ccc1CNC(C)(C)C. The highest BCUT2D eigenvalue weighted by molar-refractivity contribution is 5.25. The molecule has 3 nitrogen and oxygen atoms in total. The van der Waals surface area contributed by atoms with E-state index in [0.29, 0.717) is 0 Å². The summed E-state index contributed by atoms with van der Waals surface area (Å²) in [5, 5.41) is 3.49. The number of hydrogen-bond donors (Lipinski definition) is 1. The van der Waals surface area contributed by atoms with E-state index in [1.807, 2.05) is 6.07 Å². The van der Waals surface area contributed by atoms with Crippen molar-refractivity contribution in [2.45, 2.75) is 65.5 Å². The fraction of sp³-hybridized carbons (Fsp3) is 0.706. The summed E-state index contributed by atoms with van der Waals surface area (Å²) in [5.74, 6) is 1.66. The Kier molecular flexibility index (Phi) is 5.03. The van der Waals surface area contributed by atoms with Gasteiger partial charge in [-0.05, 0) is 45.6 Å². The van der Waals surface area contributed by atoms with Gasteiger partial charge in [0.15, 0.2) is 0 Å². The Morgan fingerprint density at radius 3 is 2.60 bits per heavy atom. The third-order valence-electron chi connectivity index (χ3n) is 3.98. The molecule has 0 unspecified atom stereocenters. The highest BCUT2D eigenvalue weighted by atomic mass is 16.5. The van der Waals surface area contributed by atoms with Gasteiger partial charge in [0, 0.05) is 23.8 Å². The van der Waals surface area contributed by atoms with Crippen LogP contribution < -0.4 is 10.1 Å². The number of rotatable bonds is 6. The first-order valence-corrected chi connectivity index (χ1v) is 7.78. The number of nitrogens with zero attached hydrogens (tertiary/aromatic N) is 1. The molecule has 112 valence electrons. The molecule has 0 spiro atoms. The molecular weight excluding hydrogens is 248 g/mol. The minimum absolute atomic E-state index is 0.129. The topological polar surface area (TPSA) is 34.1 Å². The number of pyridine rings is 1. The molecule has 3 heteroatoms. The van der Waals surface area contributed by atoms with Crippen LogP contribution in [0.5, 0.6) is 5.88 Å². The van der Waals surface area contributed by atoms with Crippen LogP contribution in [0.15, 0.2) is 12.1 Å². The summed E-state index contributed by atoms with van der Waals surface area (Å²) in [7, 11) is 0. The molecule has 1 aromatic heterocycles. The smallest absolute Gasteiger partial charge is 0.213 e. The molecule has 0 amide bonds. The molecule has 1 aromatic rings. The van der Waals surface area contributed by atoms with Gasteiger partial charge in [0.2, 0.25) is 5.88 Å². The van der Waals surface area contributed by atoms with E-state index < -0.39 is 0 Å². The Labute approximate surface area is 123 Å². The van der Waals surface area contributed by atoms with Crippen LogP contribution in [-0.2, 0) is 6.54 Å². The van der Waals surface area contributed by atoms with Crippen molar-refractivity contribution in [3.63, 3.8) is 0 Å². The molecule has 2 rings (SSSR count). The molecule has 0 radical (unpaired) electrons. The maximum Gasteiger partial charge on any atom is 0.213 e. The first-order chi connectivity index (χ1) is 9.44. The Morgan fingerprint density at radius 2 is 2.05 bits per heavy atom. The minimum atomic E-state index is 0.129. The summed E-state index contributed by atoms with van der Waals surface area (Å²) in [6.45, 7) is 10.2. The van der Waals surface area contributed by atoms with Crippen molar-refractivity contribution >= 4 is 0 Å². The Morgan fingerprint density at radius 1 is 1.30 bits per heavy atom. The lowest BCUT2D eigenvalue weighted by atomic mass is 9.83. The van der Waals surface area contributed by atoms with Gasteiger partial charge in [0.25, 0.3) is 0 Å². The molecule has 1 heterocycles. The highest BCUT2D eigenvalue weighted by Crippen LogP contribution is 2.29. The second kappa shape index (κ2) is 6.57. The average Bonchev–Trinajstić information content (AvgIpc) is 2.30. The van der Waals surface area contributed by atoms with Crippen LogP contribution in [0.4, 0.5) is 0 Å². The van der Waals surface area contributed by atoms with Crippen molar-refractivity contribution in [1.82, 2.24) is 10.3 Å². The second-order valence-electron chi connectivity index (χ2n) is 6.93. The van der Waals surface area contributed by atoms with Crippen LogP contribution in [0.25, 0.3) is 0 Å². The number of aromatic nitrogens is 1. The van der Waals surface area contributed by atoms with Gasteiger partial charge < -0.3 is 10.1 Å². The predicted molar refractivity (Wildman–Crippen MR) is 83.0 cm³/mol. The number of hydrogen-bond acceptors (Lipinski definition) is 3. The molecule has 1 fully saturated rings. The Bertz CT molecular complexity index is 433. The van der Waals surface area contributed by atoms with Gasteiger partial charge in [-0.3, -0.25) is 0 Å². The zero-order valence-electron chi connectivity index (χ0n) is 13.3. The summed E-state index contributed by atoms with van der Waals surface area (Å²) < 4.78 is 5.76. The molecule has 0 aromatic carbocycles. The normalized spacial score (nSPS) is 16.0. The fourth-order valence-electron chi connectivity index (χ4n) is 2.31. The van der Waals surface area contributed by atoms with Gasteiger partial charge in [-0.25, -0.2) is 4.98 Å². The van der Waals surface area contributed by atoms with Gasteiger partial charge in [0.1, 0.15) is 0 Å². The number of ether oxygens (including phenoxy) is 1. The monoisotopic (exact) mass is 276 g/mol. The predicted octanol–water partition coefficient (Wildman–Crippen LogP) is 3.85. The zero-order valence-corrected chi connectivity index (χ0v) is 13.3. The Balaban J connectivity index is 1.81. The van der Waals surface area contributed by atoms with Crippen molar-refractivity contribution in [1.29, 1.82) is 0 Å². The van der Waals surface area contributed by atoms with Crippen LogP contribution in [0.1, 0.15) is 57.7 Å². The molecule has 1 saturated carbocycles. The van der Waals surface area contributed by atoms with Crippen LogP contribution in [-0.4, -0.2) is 17.1 Å². The number of nitrogens with one attached hydrogen (secondary N) is 1. The standard InChI is InChI=1S/C17H28N2O/c1-13-15(12-18-17(2,3)4)8-9-16(19-13)20-11-10-14-6-5-7-14/h8-9,14,18H,5-7,10-12H2,1-4H3. The highest BCUT2D eigenvalue weighted by Gasteiger charge is 2.17. The third kappa shape index (κ3) is 4.78. The summed E-state index contributed by atoms with van der Waals surface area (Å²) in [4.78, 5) is 4.55. The lowest BCUT2D eigenvalue weighted by Crippen LogP contribution is -2.35. The molecule has 1 aliphatic rings. The van der Waals surface area contributed by atoms with Crippen molar-refractivity contribution < 1.29 is 4.74 Å². The first kappa shape index (κ1) is 15.3. The van der Waals surface area contributed by atoms with Gasteiger partial charge in [-0.2, -0.15) is 0 Å². The second-order valence-corrected chi connectivity index (χ2v) is 6.93. The quantitative estimate of drug-likeness (QED) is 0.857. The lowest BCUT2D eigenvalue weighted by molar-refractivity contribution is 0.217. The summed E-state index contributed by atoms with van der Waals surface area (Å²) >= 11 is 0. The summed E-state index contributed by atoms with van der Waals surface area (Å²) in [5.41, 5.74) is 2.43. The molecular formula is C17H28N2O. The van der Waals surface area contributed by atoms with E-state index in [1.54, 1.807) is 0 Å². The van der Waals surface area contributed by atoms with E-state index in [0.717, 1.165) is 30.6 Å². The van der Waals surface area contributed by atoms with Crippen LogP contribution in [0.3, 0.4) is 0 Å². The van der Waals surface area contributed by atoms with E-state index in [4.69, 9.17) is 4.74 Å². The van der Waals surface area contributed by atoms with Crippen molar-refractivity contribution in [2.75, 3.05) is 6.61 Å². The van der Waals surface area contributed by atoms with Crippen molar-refractivity contribution in [3.8, 4) is 5.88 Å². The average molecular weight is 276 g/mol. The molecule has 0 aliphatic heterocycles. The molecule has 0 bridgehead atoms. The van der Waals surface area contributed by atoms with Crippen LogP contribution in [0.2, 0.25) is 0 Å². The minimum Gasteiger partial charge on any atom is -0.478 e. The van der Waals surface area contributed by atoms with E-state index in [9.17, 15) is 0 Å². The molecule has 0 saturated heterocycles. The zero-order chi connectivity index (χ0) is 14.6. The molecule has 1 N–H and O–H groups in total. The van der Waals surface area contributed by atoms with Gasteiger partial charge >= 0.3 is 0 Å². The molecule has 1 aliphatic carbocycles. The van der Waals surface area contributed by atoms with Crippen molar-refractivity contribution in [3.05, 3.63) is 23.4 Å². The van der Waals surface area contributed by atoms with Crippen LogP contribution in [0, 0.1) is 12.8 Å². The third-order valence-corrected chi connectivity index (χ3v) is 3.98. The van der Waals surface area contributed by atoms with E-state index >= 15 is 0 Å². The van der Waals surface area contributed by atoms with E-state index in [1.165, 1.54) is 31.2 Å². The fourth-order valence-corrected chi connectivity index (χ4v) is 2.31. The first-order valence-electron chi connectivity index (χ1n) is 7.78. The van der Waals surface area contributed by atoms with Crippen molar-refractivity contribution in [2.24, 2.45) is 5.92 Å². The molecule has 0 atom stereocenters.